The second kappa shape index (κ2) is 12.7. The van der Waals surface area contributed by atoms with Crippen LogP contribution in [0.5, 0.6) is 5.75 Å². The monoisotopic (exact) mass is 624 g/mol. The largest absolute Gasteiger partial charge is 0.490 e. The molecule has 1 aliphatic rings. The molecule has 0 amide bonds. The van der Waals surface area contributed by atoms with E-state index in [0.29, 0.717) is 41.4 Å². The molecule has 1 aliphatic heterocycles. The number of halogens is 5. The number of nitrogens with zero attached hydrogens (tertiary/aromatic N) is 2. The Morgan fingerprint density at radius 1 is 1.14 bits per heavy atom. The number of nitrogens with two attached hydrogens (primary N) is 1. The third kappa shape index (κ3) is 6.50. The van der Waals surface area contributed by atoms with Gasteiger partial charge in [0, 0.05) is 53.0 Å². The van der Waals surface area contributed by atoms with Crippen LogP contribution in [0.4, 0.5) is 18.9 Å². The summed E-state index contributed by atoms with van der Waals surface area (Å²) in [4.78, 5) is 8.66. The molecule has 43 heavy (non-hydrogen) atoms. The first-order valence-electron chi connectivity index (χ1n) is 13.6. The summed E-state index contributed by atoms with van der Waals surface area (Å²) in [6, 6.07) is 17.1. The van der Waals surface area contributed by atoms with E-state index in [4.69, 9.17) is 38.7 Å². The second-order valence-corrected chi connectivity index (χ2v) is 11.2. The molecular weight excluding hydrogens is 596 g/mol. The van der Waals surface area contributed by atoms with E-state index in [0.717, 1.165) is 17.2 Å². The van der Waals surface area contributed by atoms with Crippen molar-refractivity contribution in [2.45, 2.75) is 32.0 Å². The number of rotatable bonds is 9. The van der Waals surface area contributed by atoms with E-state index in [-0.39, 0.29) is 38.8 Å². The fraction of sp³-hybridized carbons (Fsp3) is 0.212. The van der Waals surface area contributed by atoms with E-state index in [1.54, 1.807) is 12.1 Å². The van der Waals surface area contributed by atoms with Gasteiger partial charge in [0.2, 0.25) is 0 Å². The molecule has 0 spiro atoms. The summed E-state index contributed by atoms with van der Waals surface area (Å²) in [7, 11) is 0. The molecule has 0 aliphatic carbocycles. The van der Waals surface area contributed by atoms with Gasteiger partial charge in [0.05, 0.1) is 28.0 Å². The van der Waals surface area contributed by atoms with Crippen molar-refractivity contribution in [3.05, 3.63) is 117 Å². The van der Waals surface area contributed by atoms with Crippen molar-refractivity contribution in [1.29, 1.82) is 0 Å². The molecule has 0 fully saturated rings. The topological polar surface area (TPSA) is 72.5 Å². The first kappa shape index (κ1) is 30.4. The van der Waals surface area contributed by atoms with Crippen molar-refractivity contribution < 1.29 is 17.9 Å². The number of aromatic nitrogens is 1. The highest BCUT2D eigenvalue weighted by atomic mass is 35.5. The van der Waals surface area contributed by atoms with Crippen molar-refractivity contribution in [2.75, 3.05) is 18.9 Å². The van der Waals surface area contributed by atoms with Gasteiger partial charge < -0.3 is 15.8 Å². The van der Waals surface area contributed by atoms with Gasteiger partial charge in [0.1, 0.15) is 23.1 Å². The zero-order chi connectivity index (χ0) is 30.8. The lowest BCUT2D eigenvalue weighted by atomic mass is 9.91. The average Bonchev–Trinajstić information content (AvgIpc) is 3.36. The smallest absolute Gasteiger partial charge is 0.187 e. The van der Waals surface area contributed by atoms with Crippen molar-refractivity contribution in [3.8, 4) is 17.0 Å². The van der Waals surface area contributed by atoms with E-state index in [2.05, 4.69) is 16.9 Å². The highest BCUT2D eigenvalue weighted by Gasteiger charge is 2.30. The van der Waals surface area contributed by atoms with Gasteiger partial charge in [0.15, 0.2) is 6.30 Å². The highest BCUT2D eigenvalue weighted by molar-refractivity contribution is 6.34. The lowest BCUT2D eigenvalue weighted by Gasteiger charge is -2.22. The van der Waals surface area contributed by atoms with Crippen LogP contribution in [-0.2, 0) is 0 Å². The van der Waals surface area contributed by atoms with Crippen molar-refractivity contribution >= 4 is 40.8 Å². The second-order valence-electron chi connectivity index (χ2n) is 10.4. The molecule has 10 heteroatoms. The van der Waals surface area contributed by atoms with Crippen LogP contribution >= 0.6 is 23.2 Å². The lowest BCUT2D eigenvalue weighted by Crippen LogP contribution is -2.22. The van der Waals surface area contributed by atoms with Crippen LogP contribution in [-0.4, -0.2) is 30.6 Å². The SMILES string of the molecule is C=C(NCC(c1ccccc1)c1cc2c(c(-c3cc(Cl)c(F)cc3F)n1)OCC2C)c1cc(Cl)c(N)c(/C=N/C(C)F)c1. The molecule has 3 atom stereocenters. The number of hydrogen-bond acceptors (Lipinski definition) is 5. The third-order valence-corrected chi connectivity index (χ3v) is 7.91. The van der Waals surface area contributed by atoms with Crippen LogP contribution in [0.15, 0.2) is 72.2 Å². The standard InChI is InChI=1S/C33H29Cl2F3N4O/c1-17-16-43-33-23(17)12-30(42-32(33)24-11-26(34)29(38)13-28(24)37)25(20-7-5-4-6-8-20)15-40-18(2)21-9-22(14-41-19(3)36)31(39)27(35)10-21/h4-14,17,19,25,40H,2,15-16,39H2,1,3H3/b41-14+. The number of fused-ring (bicyclic) bond motifs is 1. The Bertz CT molecular complexity index is 1710. The summed E-state index contributed by atoms with van der Waals surface area (Å²) in [6.45, 7) is 8.27. The quantitative estimate of drug-likeness (QED) is 0.0847. The molecule has 5 nitrogen and oxygen atoms in total. The van der Waals surface area contributed by atoms with Crippen LogP contribution in [0.2, 0.25) is 10.0 Å². The molecule has 3 N–H and O–H groups in total. The van der Waals surface area contributed by atoms with E-state index < -0.39 is 17.9 Å². The summed E-state index contributed by atoms with van der Waals surface area (Å²) in [5.41, 5.74) is 10.8. The predicted octanol–water partition coefficient (Wildman–Crippen LogP) is 8.54. The van der Waals surface area contributed by atoms with Gasteiger partial charge in [-0.05, 0) is 42.3 Å². The first-order chi connectivity index (χ1) is 20.5. The molecule has 3 aromatic carbocycles. The number of hydrogen-bond donors (Lipinski definition) is 2. The number of pyridine rings is 1. The predicted molar refractivity (Wildman–Crippen MR) is 168 cm³/mol. The van der Waals surface area contributed by atoms with Crippen molar-refractivity contribution in [2.24, 2.45) is 4.99 Å². The van der Waals surface area contributed by atoms with Gasteiger partial charge >= 0.3 is 0 Å². The maximum atomic E-state index is 15.1. The molecule has 0 bridgehead atoms. The fourth-order valence-corrected chi connectivity index (χ4v) is 5.35. The average molecular weight is 626 g/mol. The Labute approximate surface area is 258 Å². The van der Waals surface area contributed by atoms with Crippen LogP contribution in [0, 0.1) is 11.6 Å². The van der Waals surface area contributed by atoms with Gasteiger partial charge in [-0.3, -0.25) is 4.99 Å². The van der Waals surface area contributed by atoms with E-state index in [1.807, 2.05) is 43.3 Å². The molecule has 0 saturated carbocycles. The highest BCUT2D eigenvalue weighted by Crippen LogP contribution is 2.44. The lowest BCUT2D eigenvalue weighted by molar-refractivity contribution is 0.337. The minimum atomic E-state index is -1.40. The number of anilines is 1. The van der Waals surface area contributed by atoms with Crippen LogP contribution in [0.25, 0.3) is 17.0 Å². The van der Waals surface area contributed by atoms with E-state index in [1.165, 1.54) is 19.2 Å². The molecule has 0 radical (unpaired) electrons. The van der Waals surface area contributed by atoms with Crippen molar-refractivity contribution in [3.63, 3.8) is 0 Å². The van der Waals surface area contributed by atoms with E-state index >= 15 is 4.39 Å². The van der Waals surface area contributed by atoms with Gasteiger partial charge in [-0.25, -0.2) is 18.2 Å². The fourth-order valence-electron chi connectivity index (χ4n) is 4.96. The normalized spacial score (nSPS) is 15.7. The molecule has 3 unspecified atom stereocenters. The summed E-state index contributed by atoms with van der Waals surface area (Å²) in [6.07, 6.45) is -0.0535. The summed E-state index contributed by atoms with van der Waals surface area (Å²) < 4.78 is 48.4. The van der Waals surface area contributed by atoms with Crippen molar-refractivity contribution in [1.82, 2.24) is 10.3 Å². The Morgan fingerprint density at radius 3 is 2.60 bits per heavy atom. The van der Waals surface area contributed by atoms with E-state index in [9.17, 15) is 8.78 Å². The van der Waals surface area contributed by atoms with Gasteiger partial charge in [-0.15, -0.1) is 0 Å². The number of alkyl halides is 1. The van der Waals surface area contributed by atoms with Gasteiger partial charge in [0.25, 0.3) is 0 Å². The third-order valence-electron chi connectivity index (χ3n) is 7.30. The Morgan fingerprint density at radius 2 is 1.88 bits per heavy atom. The number of nitrogen functional groups attached to an aromatic ring is 1. The Hall–Kier alpha value is -4.01. The zero-order valence-electron chi connectivity index (χ0n) is 23.5. The van der Waals surface area contributed by atoms with Crippen LogP contribution < -0.4 is 15.8 Å². The Kier molecular flexibility index (Phi) is 8.99. The number of aliphatic imine (C=N–C) groups is 1. The molecule has 1 aromatic heterocycles. The first-order valence-corrected chi connectivity index (χ1v) is 14.4. The zero-order valence-corrected chi connectivity index (χ0v) is 25.0. The molecule has 4 aromatic rings. The van der Waals surface area contributed by atoms with Crippen LogP contribution in [0.1, 0.15) is 53.6 Å². The molecule has 5 rings (SSSR count). The summed E-state index contributed by atoms with van der Waals surface area (Å²) in [5, 5.41) is 3.44. The summed E-state index contributed by atoms with van der Waals surface area (Å²) in [5.74, 6) is -1.48. The maximum Gasteiger partial charge on any atom is 0.187 e. The molecular formula is C33H29Cl2F3N4O. The summed E-state index contributed by atoms with van der Waals surface area (Å²) >= 11 is 12.4. The number of nitrogens with one attached hydrogen (secondary N) is 1. The molecule has 0 saturated heterocycles. The minimum Gasteiger partial charge on any atom is -0.490 e. The number of ether oxygens (including phenoxy) is 1. The minimum absolute atomic E-state index is 0.0258. The van der Waals surface area contributed by atoms with Crippen LogP contribution in [0.3, 0.4) is 0 Å². The van der Waals surface area contributed by atoms with Gasteiger partial charge in [-0.1, -0.05) is 67.0 Å². The molecule has 222 valence electrons. The Balaban J connectivity index is 1.54. The molecule has 2 heterocycles. The maximum absolute atomic E-state index is 15.1. The van der Waals surface area contributed by atoms with Gasteiger partial charge in [-0.2, -0.15) is 0 Å². The number of benzene rings is 3.